The molecule has 0 amide bonds. The van der Waals surface area contributed by atoms with E-state index in [2.05, 4.69) is 0 Å². The first-order chi connectivity index (χ1) is 10.7. The van der Waals surface area contributed by atoms with Gasteiger partial charge in [-0.15, -0.1) is 0 Å². The molecule has 1 saturated heterocycles. The van der Waals surface area contributed by atoms with Crippen LogP contribution >= 0.6 is 23.4 Å². The molecule has 0 aromatic carbocycles. The van der Waals surface area contributed by atoms with E-state index in [4.69, 9.17) is 11.8 Å². The van der Waals surface area contributed by atoms with Crippen LogP contribution in [-0.2, 0) is 4.74 Å². The Labute approximate surface area is 143 Å². The van der Waals surface area contributed by atoms with Gasteiger partial charge in [0.15, 0.2) is 0 Å². The zero-order valence-corrected chi connectivity index (χ0v) is 15.0. The summed E-state index contributed by atoms with van der Waals surface area (Å²) in [5, 5.41) is 0. The van der Waals surface area contributed by atoms with Gasteiger partial charge in [-0.2, -0.15) is 0 Å². The standard InChI is InChI=1S/C5H8NO.3F6P/c1-6-2-4-7-5-3-6;3*1-7(2,3,4,5)6/h2-5H2;;;/q+3;3*-1. The summed E-state index contributed by atoms with van der Waals surface area (Å²) in [6.07, 6.45) is 0. The zero-order valence-electron chi connectivity index (χ0n) is 12.3. The van der Waals surface area contributed by atoms with Crippen LogP contribution in [0.2, 0.25) is 0 Å². The molecule has 0 unspecified atom stereocenters. The van der Waals surface area contributed by atoms with Gasteiger partial charge in [-0.3, -0.25) is 0 Å². The fraction of sp³-hybridized carbons (Fsp3) is 0.800. The van der Waals surface area contributed by atoms with Crippen LogP contribution in [0.5, 0.6) is 0 Å². The van der Waals surface area contributed by atoms with Crippen LogP contribution in [-0.4, -0.2) is 31.2 Å². The topological polar surface area (TPSA) is 12.5 Å². The second kappa shape index (κ2) is 6.47. The predicted molar refractivity (Wildman–Crippen MR) is 66.3 cm³/mol. The van der Waals surface area contributed by atoms with Gasteiger partial charge in [0.25, 0.3) is 0 Å². The van der Waals surface area contributed by atoms with Gasteiger partial charge in [-0.1, -0.05) is 0 Å². The van der Waals surface area contributed by atoms with Crippen molar-refractivity contribution in [2.45, 2.75) is 0 Å². The number of morpholine rings is 1. The van der Waals surface area contributed by atoms with E-state index in [1.807, 2.05) is 0 Å². The van der Waals surface area contributed by atoms with Gasteiger partial charge in [0.05, 0.1) is 0 Å². The van der Waals surface area contributed by atoms with Crippen LogP contribution in [0.4, 0.5) is 75.5 Å². The second-order valence-electron chi connectivity index (χ2n) is 4.47. The molecule has 1 rings (SSSR count). The van der Waals surface area contributed by atoms with Crippen LogP contribution in [0.15, 0.2) is 0 Å². The third kappa shape index (κ3) is 256. The van der Waals surface area contributed by atoms with Gasteiger partial charge in [0, 0.05) is 0 Å². The Morgan fingerprint density at radius 1 is 0.464 bits per heavy atom. The van der Waals surface area contributed by atoms with Gasteiger partial charge < -0.3 is 0 Å². The fourth-order valence-electron chi connectivity index (χ4n) is 0.563. The van der Waals surface area contributed by atoms with E-state index in [9.17, 15) is 75.5 Å². The molecule has 2 nitrogen and oxygen atoms in total. The molecular weight excluding hydrogens is 525 g/mol. The maximum absolute atomic E-state index is 10.7. The Morgan fingerprint density at radius 2 is 0.607 bits per heavy atom. The summed E-state index contributed by atoms with van der Waals surface area (Å²) in [6, 6.07) is 0. The molecule has 0 saturated carbocycles. The fourth-order valence-corrected chi connectivity index (χ4v) is 0.563. The molecule has 0 aromatic heterocycles. The van der Waals surface area contributed by atoms with Crippen LogP contribution in [0.3, 0.4) is 0 Å². The quantitative estimate of drug-likeness (QED) is 0.227. The van der Waals surface area contributed by atoms with E-state index in [-0.39, 0.29) is 0 Å². The van der Waals surface area contributed by atoms with Gasteiger partial charge in [0.1, 0.15) is 0 Å². The third-order valence-electron chi connectivity index (χ3n) is 1.01. The van der Waals surface area contributed by atoms with Gasteiger partial charge in [-0.25, -0.2) is 0 Å². The molecule has 1 fully saturated rings. The molecule has 0 aromatic rings. The van der Waals surface area contributed by atoms with Crippen molar-refractivity contribution < 1.29 is 80.3 Å². The summed E-state index contributed by atoms with van der Waals surface area (Å²) in [5.74, 6) is 0. The number of nitrogens with zero attached hydrogens (tertiary/aromatic N) is 1. The molecule has 0 atom stereocenters. The van der Waals surface area contributed by atoms with Crippen molar-refractivity contribution >= 4 is 23.4 Å². The first-order valence-electron chi connectivity index (χ1n) is 5.48. The van der Waals surface area contributed by atoms with Crippen LogP contribution in [0, 0.1) is 7.05 Å². The molecule has 0 aliphatic carbocycles. The van der Waals surface area contributed by atoms with E-state index in [1.165, 1.54) is 4.90 Å². The molecule has 23 heteroatoms. The van der Waals surface area contributed by atoms with Crippen molar-refractivity contribution in [2.75, 3.05) is 26.3 Å². The Morgan fingerprint density at radius 3 is 0.679 bits per heavy atom. The van der Waals surface area contributed by atoms with Crippen molar-refractivity contribution in [2.24, 2.45) is 0 Å². The molecule has 0 N–H and O–H groups in total. The first-order valence-corrected chi connectivity index (χ1v) is 11.6. The minimum atomic E-state index is -10.7. The van der Waals surface area contributed by atoms with Crippen molar-refractivity contribution in [3.63, 3.8) is 0 Å². The number of hydrogen-bond acceptors (Lipinski definition) is 2. The maximum atomic E-state index is 9.87. The van der Waals surface area contributed by atoms with Crippen molar-refractivity contribution in [1.82, 2.24) is 4.90 Å². The average Bonchev–Trinajstić information content (AvgIpc) is 2.01. The summed E-state index contributed by atoms with van der Waals surface area (Å²) in [5.41, 5.74) is 0. The van der Waals surface area contributed by atoms with Crippen LogP contribution in [0.25, 0.3) is 0 Å². The van der Waals surface area contributed by atoms with Crippen molar-refractivity contribution in [3.8, 4) is 0 Å². The Bertz CT molecular complexity index is 397. The van der Waals surface area contributed by atoms with Crippen LogP contribution in [0.1, 0.15) is 0 Å². The van der Waals surface area contributed by atoms with E-state index >= 15 is 0 Å². The molecule has 1 aliphatic heterocycles. The summed E-state index contributed by atoms with van der Waals surface area (Å²) in [6.45, 7) is 2.98. The minimum absolute atomic E-state index is 0.726. The van der Waals surface area contributed by atoms with Crippen molar-refractivity contribution in [1.29, 1.82) is 0 Å². The molecule has 0 radical (unpaired) electrons. The number of rotatable bonds is 0. The Balaban J connectivity index is -0.000000298. The molecule has 1 aliphatic rings. The third-order valence-corrected chi connectivity index (χ3v) is 1.01. The summed E-state index contributed by atoms with van der Waals surface area (Å²) >= 11 is 0. The normalized spacial score (nSPS) is 23.7. The number of hydrogen-bond donors (Lipinski definition) is 0. The van der Waals surface area contributed by atoms with E-state index in [0.717, 1.165) is 26.3 Å². The van der Waals surface area contributed by atoms with Crippen molar-refractivity contribution in [3.05, 3.63) is 7.05 Å². The molecule has 28 heavy (non-hydrogen) atoms. The van der Waals surface area contributed by atoms with Gasteiger partial charge >= 0.3 is 142 Å². The molecule has 0 bridgehead atoms. The van der Waals surface area contributed by atoms with Gasteiger partial charge in [0.2, 0.25) is 0 Å². The average molecular weight is 533 g/mol. The first kappa shape index (κ1) is 32.6. The number of halogens is 18. The Hall–Kier alpha value is -0.0500. The van der Waals surface area contributed by atoms with Gasteiger partial charge in [-0.05, 0) is 0 Å². The molecule has 180 valence electrons. The monoisotopic (exact) mass is 533 g/mol. The second-order valence-corrected chi connectivity index (χ2v) is 10.2. The summed E-state index contributed by atoms with van der Waals surface area (Å²) in [7, 11) is -24.9. The number of ether oxygens (including phenoxy) is 1. The molecular formula is C5H8F18NOP3. The van der Waals surface area contributed by atoms with E-state index < -0.39 is 23.4 Å². The zero-order chi connectivity index (χ0) is 24.3. The Kier molecular flexibility index (Phi) is 7.54. The molecule has 0 spiro atoms. The molecule has 1 heterocycles. The predicted octanol–water partition coefficient (Wildman–Crippen LogP) is 10.0. The van der Waals surface area contributed by atoms with Crippen LogP contribution < -0.4 is 0 Å². The van der Waals surface area contributed by atoms with E-state index in [0.29, 0.717) is 0 Å². The summed E-state index contributed by atoms with van der Waals surface area (Å²) in [4.78, 5) is 1.52. The summed E-state index contributed by atoms with van der Waals surface area (Å²) < 4.78 is 183. The van der Waals surface area contributed by atoms with E-state index in [1.54, 1.807) is 0 Å². The SMILES string of the molecule is F[P-](F)(F)(F)(F)F.F[P-](F)(F)(F)(F)F.F[P-](F)(F)(F)(F)F.[C+3]N1CCOCC1.